The molecular formula is C20H20N4. The summed E-state index contributed by atoms with van der Waals surface area (Å²) in [7, 11) is 0. The molecule has 3 aromatic rings. The maximum Gasteiger partial charge on any atom is 0.160 e. The van der Waals surface area contributed by atoms with Gasteiger partial charge in [-0.2, -0.15) is 0 Å². The van der Waals surface area contributed by atoms with Crippen LogP contribution in [-0.4, -0.2) is 16.2 Å². The quantitative estimate of drug-likeness (QED) is 0.700. The molecule has 2 aromatic heterocycles. The van der Waals surface area contributed by atoms with Gasteiger partial charge in [-0.1, -0.05) is 29.8 Å². The van der Waals surface area contributed by atoms with Crippen molar-refractivity contribution >= 4 is 22.9 Å². The van der Waals surface area contributed by atoms with E-state index in [-0.39, 0.29) is 0 Å². The van der Waals surface area contributed by atoms with Crippen molar-refractivity contribution in [1.82, 2.24) is 9.97 Å². The highest BCUT2D eigenvalue weighted by molar-refractivity contribution is 6.03. The Bertz CT molecular complexity index is 942. The maximum atomic E-state index is 7.76. The lowest BCUT2D eigenvalue weighted by atomic mass is 9.85. The van der Waals surface area contributed by atoms with Crippen molar-refractivity contribution < 1.29 is 0 Å². The van der Waals surface area contributed by atoms with E-state index in [0.717, 1.165) is 41.5 Å². The van der Waals surface area contributed by atoms with E-state index in [1.165, 1.54) is 29.3 Å². The number of rotatable bonds is 2. The fraction of sp³-hybridized carbons (Fsp3) is 0.250. The molecule has 4 rings (SSSR count). The monoisotopic (exact) mass is 316 g/mol. The topological polar surface area (TPSA) is 75.7 Å². The second-order valence-corrected chi connectivity index (χ2v) is 6.46. The second-order valence-electron chi connectivity index (χ2n) is 6.46. The molecule has 0 fully saturated rings. The number of nitrogens with two attached hydrogens (primary N) is 1. The molecule has 1 aromatic carbocycles. The standard InChI is InChI=1S/C20H20N4/c1-12-6-8-13(9-7-12)19-15-5-3-2-4-14(15)18-16(10-21)17(22)11-23-20(18)24-19/h6-11,21H,2-5,22H2,1H3. The zero-order valence-corrected chi connectivity index (χ0v) is 13.8. The van der Waals surface area contributed by atoms with E-state index in [4.69, 9.17) is 16.1 Å². The van der Waals surface area contributed by atoms with Crippen LogP contribution >= 0.6 is 0 Å². The number of nitrogens with one attached hydrogen (secondary N) is 1. The zero-order chi connectivity index (χ0) is 16.7. The first kappa shape index (κ1) is 14.8. The summed E-state index contributed by atoms with van der Waals surface area (Å²) in [5.74, 6) is 0. The number of aromatic nitrogens is 2. The van der Waals surface area contributed by atoms with Gasteiger partial charge >= 0.3 is 0 Å². The Morgan fingerprint density at radius 3 is 2.50 bits per heavy atom. The number of aryl methyl sites for hydroxylation is 2. The number of anilines is 1. The average molecular weight is 316 g/mol. The van der Waals surface area contributed by atoms with E-state index in [2.05, 4.69) is 36.2 Å². The number of nitrogen functional groups attached to an aromatic ring is 1. The summed E-state index contributed by atoms with van der Waals surface area (Å²) in [4.78, 5) is 9.33. The van der Waals surface area contributed by atoms with Gasteiger partial charge in [0.25, 0.3) is 0 Å². The van der Waals surface area contributed by atoms with Crippen molar-refractivity contribution in [2.75, 3.05) is 5.73 Å². The number of benzene rings is 1. The molecule has 0 radical (unpaired) electrons. The van der Waals surface area contributed by atoms with Crippen LogP contribution < -0.4 is 5.73 Å². The number of nitrogens with zero attached hydrogens (tertiary/aromatic N) is 2. The van der Waals surface area contributed by atoms with E-state index in [0.29, 0.717) is 11.3 Å². The molecule has 0 unspecified atom stereocenters. The highest BCUT2D eigenvalue weighted by atomic mass is 14.9. The van der Waals surface area contributed by atoms with Gasteiger partial charge in [0.2, 0.25) is 0 Å². The molecular weight excluding hydrogens is 296 g/mol. The van der Waals surface area contributed by atoms with Crippen LogP contribution in [0.2, 0.25) is 0 Å². The van der Waals surface area contributed by atoms with E-state index < -0.39 is 0 Å². The lowest BCUT2D eigenvalue weighted by Gasteiger charge is -2.22. The van der Waals surface area contributed by atoms with Crippen molar-refractivity contribution in [3.63, 3.8) is 0 Å². The molecule has 0 aliphatic heterocycles. The smallest absolute Gasteiger partial charge is 0.160 e. The van der Waals surface area contributed by atoms with Crippen LogP contribution in [0.3, 0.4) is 0 Å². The third kappa shape index (κ3) is 2.26. The number of hydrogen-bond donors (Lipinski definition) is 2. The highest BCUT2D eigenvalue weighted by Gasteiger charge is 2.22. The van der Waals surface area contributed by atoms with Gasteiger partial charge in [-0.05, 0) is 43.7 Å². The van der Waals surface area contributed by atoms with Crippen LogP contribution in [0.25, 0.3) is 22.3 Å². The van der Waals surface area contributed by atoms with Crippen molar-refractivity contribution in [2.45, 2.75) is 32.6 Å². The van der Waals surface area contributed by atoms with Crippen LogP contribution in [0.4, 0.5) is 5.69 Å². The van der Waals surface area contributed by atoms with Crippen LogP contribution in [0.15, 0.2) is 30.5 Å². The van der Waals surface area contributed by atoms with Crippen molar-refractivity contribution in [3.05, 3.63) is 52.7 Å². The minimum Gasteiger partial charge on any atom is -0.397 e. The first-order valence-electron chi connectivity index (χ1n) is 8.36. The number of hydrogen-bond acceptors (Lipinski definition) is 4. The Balaban J connectivity index is 2.08. The Kier molecular flexibility index (Phi) is 3.53. The SMILES string of the molecule is Cc1ccc(-c2nc3ncc(N)c(C=N)c3c3c2CCCC3)cc1. The summed E-state index contributed by atoms with van der Waals surface area (Å²) in [6.07, 6.45) is 7.30. The molecule has 1 aliphatic carbocycles. The third-order valence-corrected chi connectivity index (χ3v) is 4.87. The van der Waals surface area contributed by atoms with E-state index >= 15 is 0 Å². The Hall–Kier alpha value is -2.75. The molecule has 4 nitrogen and oxygen atoms in total. The minimum atomic E-state index is 0.551. The first-order chi connectivity index (χ1) is 11.7. The van der Waals surface area contributed by atoms with E-state index in [1.807, 2.05) is 0 Å². The fourth-order valence-corrected chi connectivity index (χ4v) is 3.63. The molecule has 3 N–H and O–H groups in total. The lowest BCUT2D eigenvalue weighted by molar-refractivity contribution is 0.688. The van der Waals surface area contributed by atoms with Gasteiger partial charge in [0.1, 0.15) is 0 Å². The summed E-state index contributed by atoms with van der Waals surface area (Å²) in [6, 6.07) is 8.51. The van der Waals surface area contributed by atoms with Crippen LogP contribution in [0, 0.1) is 12.3 Å². The lowest BCUT2D eigenvalue weighted by Crippen LogP contribution is -2.10. The predicted octanol–water partition coefficient (Wildman–Crippen LogP) is 4.06. The van der Waals surface area contributed by atoms with Gasteiger partial charge in [0.15, 0.2) is 5.65 Å². The molecule has 0 saturated heterocycles. The number of pyridine rings is 2. The Labute approximate surface area is 141 Å². The maximum absolute atomic E-state index is 7.76. The molecule has 2 heterocycles. The third-order valence-electron chi connectivity index (χ3n) is 4.87. The molecule has 1 aliphatic rings. The Morgan fingerprint density at radius 1 is 1.08 bits per heavy atom. The van der Waals surface area contributed by atoms with Crippen molar-refractivity contribution in [2.24, 2.45) is 0 Å². The van der Waals surface area contributed by atoms with Gasteiger partial charge in [0, 0.05) is 22.7 Å². The highest BCUT2D eigenvalue weighted by Crippen LogP contribution is 2.36. The van der Waals surface area contributed by atoms with Crippen LogP contribution in [0.1, 0.15) is 35.1 Å². The van der Waals surface area contributed by atoms with Gasteiger partial charge in [-0.15, -0.1) is 0 Å². The normalized spacial score (nSPS) is 13.7. The largest absolute Gasteiger partial charge is 0.397 e. The van der Waals surface area contributed by atoms with Gasteiger partial charge in [0.05, 0.1) is 17.6 Å². The Morgan fingerprint density at radius 2 is 1.79 bits per heavy atom. The molecule has 0 spiro atoms. The predicted molar refractivity (Wildman–Crippen MR) is 98.7 cm³/mol. The zero-order valence-electron chi connectivity index (χ0n) is 13.8. The second kappa shape index (κ2) is 5.71. The van der Waals surface area contributed by atoms with Crippen molar-refractivity contribution in [1.29, 1.82) is 5.41 Å². The van der Waals surface area contributed by atoms with Gasteiger partial charge in [-0.25, -0.2) is 9.97 Å². The average Bonchev–Trinajstić information content (AvgIpc) is 2.62. The van der Waals surface area contributed by atoms with Gasteiger partial charge in [-0.3, -0.25) is 0 Å². The number of fused-ring (bicyclic) bond motifs is 3. The van der Waals surface area contributed by atoms with E-state index in [1.54, 1.807) is 6.20 Å². The summed E-state index contributed by atoms with van der Waals surface area (Å²) in [5.41, 5.74) is 14.0. The molecule has 0 bridgehead atoms. The fourth-order valence-electron chi connectivity index (χ4n) is 3.63. The summed E-state index contributed by atoms with van der Waals surface area (Å²) < 4.78 is 0. The minimum absolute atomic E-state index is 0.551. The molecule has 0 saturated carbocycles. The summed E-state index contributed by atoms with van der Waals surface area (Å²) >= 11 is 0. The van der Waals surface area contributed by atoms with Crippen LogP contribution in [0.5, 0.6) is 0 Å². The summed E-state index contributed by atoms with van der Waals surface area (Å²) in [6.45, 7) is 2.09. The van der Waals surface area contributed by atoms with E-state index in [9.17, 15) is 0 Å². The summed E-state index contributed by atoms with van der Waals surface area (Å²) in [5, 5.41) is 8.73. The van der Waals surface area contributed by atoms with Crippen molar-refractivity contribution in [3.8, 4) is 11.3 Å². The molecule has 120 valence electrons. The van der Waals surface area contributed by atoms with Gasteiger partial charge < -0.3 is 11.1 Å². The first-order valence-corrected chi connectivity index (χ1v) is 8.36. The van der Waals surface area contributed by atoms with Crippen LogP contribution in [-0.2, 0) is 12.8 Å². The molecule has 24 heavy (non-hydrogen) atoms. The molecule has 4 heteroatoms. The molecule has 0 atom stereocenters. The molecule has 0 amide bonds.